The molecule has 2 rings (SSSR count). The van der Waals surface area contributed by atoms with E-state index in [-0.39, 0.29) is 17.2 Å². The monoisotopic (exact) mass is 305 g/mol. The van der Waals surface area contributed by atoms with E-state index in [9.17, 15) is 24.8 Å². The summed E-state index contributed by atoms with van der Waals surface area (Å²) in [5.74, 6) is 0.159. The van der Waals surface area contributed by atoms with E-state index in [1.807, 2.05) is 0 Å². The van der Waals surface area contributed by atoms with Gasteiger partial charge in [0.1, 0.15) is 5.69 Å². The first-order chi connectivity index (χ1) is 10.4. The molecule has 0 radical (unpaired) electrons. The molecule has 3 N–H and O–H groups in total. The van der Waals surface area contributed by atoms with Gasteiger partial charge >= 0.3 is 16.9 Å². The standard InChI is InChI=1S/C13H11N3O6/c1-22-10-5-3-7(6-9(10)17)2-4-8-11(16(20)21)12(18)15-13(19)14-8/h2-6,17H,1H3,(H2,14,15,18,19). The summed E-state index contributed by atoms with van der Waals surface area (Å²) in [4.78, 5) is 36.6. The van der Waals surface area contributed by atoms with Crippen molar-refractivity contribution >= 4 is 17.8 Å². The van der Waals surface area contributed by atoms with Crippen molar-refractivity contribution < 1.29 is 14.8 Å². The summed E-state index contributed by atoms with van der Waals surface area (Å²) in [5, 5.41) is 20.5. The van der Waals surface area contributed by atoms with Gasteiger partial charge in [0.2, 0.25) is 0 Å². The predicted molar refractivity (Wildman–Crippen MR) is 77.9 cm³/mol. The number of benzene rings is 1. The Morgan fingerprint density at radius 1 is 1.27 bits per heavy atom. The zero-order valence-electron chi connectivity index (χ0n) is 11.3. The average Bonchev–Trinajstić information content (AvgIpc) is 2.44. The molecule has 0 atom stereocenters. The van der Waals surface area contributed by atoms with E-state index in [0.717, 1.165) is 0 Å². The molecular weight excluding hydrogens is 294 g/mol. The Morgan fingerprint density at radius 2 is 2.00 bits per heavy atom. The lowest BCUT2D eigenvalue weighted by Gasteiger charge is -2.03. The Balaban J connectivity index is 2.46. The van der Waals surface area contributed by atoms with Gasteiger partial charge in [0.25, 0.3) is 0 Å². The topological polar surface area (TPSA) is 138 Å². The van der Waals surface area contributed by atoms with Crippen molar-refractivity contribution in [1.82, 2.24) is 9.97 Å². The van der Waals surface area contributed by atoms with Gasteiger partial charge < -0.3 is 14.8 Å². The zero-order chi connectivity index (χ0) is 16.3. The minimum atomic E-state index is -1.09. The van der Waals surface area contributed by atoms with Crippen LogP contribution in [0.5, 0.6) is 11.5 Å². The molecule has 0 fully saturated rings. The number of ether oxygens (including phenoxy) is 1. The minimum Gasteiger partial charge on any atom is -0.504 e. The third-order valence-corrected chi connectivity index (χ3v) is 2.77. The fraction of sp³-hybridized carbons (Fsp3) is 0.0769. The number of H-pyrrole nitrogens is 2. The SMILES string of the molecule is COc1ccc(C=Cc2[nH]c(=O)[nH]c(=O)c2[N+](=O)[O-])cc1O. The fourth-order valence-electron chi connectivity index (χ4n) is 1.79. The molecule has 9 nitrogen and oxygen atoms in total. The Labute approximate surface area is 122 Å². The summed E-state index contributed by atoms with van der Waals surface area (Å²) in [6.45, 7) is 0. The highest BCUT2D eigenvalue weighted by atomic mass is 16.6. The number of aromatic amines is 2. The van der Waals surface area contributed by atoms with Crippen LogP contribution in [0.4, 0.5) is 5.69 Å². The first-order valence-corrected chi connectivity index (χ1v) is 5.98. The van der Waals surface area contributed by atoms with Crippen LogP contribution in [-0.2, 0) is 0 Å². The summed E-state index contributed by atoms with van der Waals surface area (Å²) in [6.07, 6.45) is 2.60. The number of hydrogen-bond acceptors (Lipinski definition) is 6. The van der Waals surface area contributed by atoms with Crippen LogP contribution < -0.4 is 16.0 Å². The lowest BCUT2D eigenvalue weighted by Crippen LogP contribution is -2.25. The van der Waals surface area contributed by atoms with Crippen molar-refractivity contribution in [3.8, 4) is 11.5 Å². The predicted octanol–water partition coefficient (Wildman–Crippen LogP) is 0.856. The summed E-state index contributed by atoms with van der Waals surface area (Å²) < 4.78 is 4.89. The molecule has 2 aromatic rings. The molecule has 1 heterocycles. The third-order valence-electron chi connectivity index (χ3n) is 2.77. The van der Waals surface area contributed by atoms with Crippen LogP contribution in [-0.4, -0.2) is 27.1 Å². The average molecular weight is 305 g/mol. The molecule has 0 saturated carbocycles. The van der Waals surface area contributed by atoms with Gasteiger partial charge in [-0.2, -0.15) is 0 Å². The molecule has 114 valence electrons. The molecule has 0 amide bonds. The summed E-state index contributed by atoms with van der Waals surface area (Å²) >= 11 is 0. The van der Waals surface area contributed by atoms with Gasteiger partial charge in [-0.05, 0) is 23.8 Å². The maximum absolute atomic E-state index is 11.4. The van der Waals surface area contributed by atoms with Crippen molar-refractivity contribution in [3.05, 3.63) is 60.4 Å². The molecule has 0 aliphatic rings. The minimum absolute atomic E-state index is 0.112. The van der Waals surface area contributed by atoms with Crippen LogP contribution in [0.2, 0.25) is 0 Å². The lowest BCUT2D eigenvalue weighted by molar-refractivity contribution is -0.386. The smallest absolute Gasteiger partial charge is 0.357 e. The van der Waals surface area contributed by atoms with Crippen LogP contribution in [0, 0.1) is 10.1 Å². The number of phenols is 1. The molecule has 0 saturated heterocycles. The van der Waals surface area contributed by atoms with Crippen LogP contribution >= 0.6 is 0 Å². The highest BCUT2D eigenvalue weighted by molar-refractivity contribution is 5.72. The number of hydrogen-bond donors (Lipinski definition) is 3. The molecule has 0 spiro atoms. The Morgan fingerprint density at radius 3 is 2.59 bits per heavy atom. The number of rotatable bonds is 4. The largest absolute Gasteiger partial charge is 0.504 e. The molecule has 9 heteroatoms. The van der Waals surface area contributed by atoms with Crippen molar-refractivity contribution in [2.45, 2.75) is 0 Å². The van der Waals surface area contributed by atoms with Crippen molar-refractivity contribution in [2.24, 2.45) is 0 Å². The summed E-state index contributed by atoms with van der Waals surface area (Å²) in [5.41, 5.74) is -2.46. The number of aromatic hydroxyl groups is 1. The van der Waals surface area contributed by atoms with Gasteiger partial charge in [0, 0.05) is 0 Å². The third kappa shape index (κ3) is 3.03. The Hall–Kier alpha value is -3.36. The molecule has 0 aliphatic carbocycles. The van der Waals surface area contributed by atoms with E-state index in [2.05, 4.69) is 4.98 Å². The summed E-state index contributed by atoms with van der Waals surface area (Å²) in [6, 6.07) is 4.46. The molecule has 22 heavy (non-hydrogen) atoms. The Kier molecular flexibility index (Phi) is 4.07. The second-order valence-corrected chi connectivity index (χ2v) is 4.19. The molecule has 0 unspecified atom stereocenters. The number of nitrogens with one attached hydrogen (secondary N) is 2. The van der Waals surface area contributed by atoms with Crippen molar-refractivity contribution in [2.75, 3.05) is 7.11 Å². The number of methoxy groups -OCH3 is 1. The lowest BCUT2D eigenvalue weighted by atomic mass is 10.1. The van der Waals surface area contributed by atoms with Crippen LogP contribution in [0.15, 0.2) is 27.8 Å². The molecular formula is C13H11N3O6. The quantitative estimate of drug-likeness (QED) is 0.565. The highest BCUT2D eigenvalue weighted by Crippen LogP contribution is 2.27. The number of nitrogens with zero attached hydrogens (tertiary/aromatic N) is 1. The van der Waals surface area contributed by atoms with Gasteiger partial charge in [-0.15, -0.1) is 0 Å². The Bertz CT molecular complexity index is 865. The highest BCUT2D eigenvalue weighted by Gasteiger charge is 2.18. The maximum atomic E-state index is 11.4. The van der Waals surface area contributed by atoms with Crippen LogP contribution in [0.1, 0.15) is 11.3 Å². The second-order valence-electron chi connectivity index (χ2n) is 4.19. The van der Waals surface area contributed by atoms with Gasteiger partial charge in [-0.1, -0.05) is 12.1 Å². The number of nitro groups is 1. The normalized spacial score (nSPS) is 10.8. The molecule has 1 aromatic heterocycles. The molecule has 0 aliphatic heterocycles. The van der Waals surface area contributed by atoms with E-state index in [1.54, 1.807) is 11.1 Å². The summed E-state index contributed by atoms with van der Waals surface area (Å²) in [7, 11) is 1.40. The van der Waals surface area contributed by atoms with E-state index in [1.165, 1.54) is 31.4 Å². The van der Waals surface area contributed by atoms with E-state index < -0.39 is 21.9 Å². The van der Waals surface area contributed by atoms with Crippen LogP contribution in [0.25, 0.3) is 12.2 Å². The number of phenolic OH excluding ortho intramolecular Hbond substituents is 1. The zero-order valence-corrected chi connectivity index (χ0v) is 11.3. The van der Waals surface area contributed by atoms with E-state index in [0.29, 0.717) is 5.56 Å². The van der Waals surface area contributed by atoms with Crippen LogP contribution in [0.3, 0.4) is 0 Å². The first-order valence-electron chi connectivity index (χ1n) is 5.98. The van der Waals surface area contributed by atoms with Gasteiger partial charge in [-0.3, -0.25) is 19.9 Å². The second kappa shape index (κ2) is 5.95. The van der Waals surface area contributed by atoms with Crippen molar-refractivity contribution in [1.29, 1.82) is 0 Å². The van der Waals surface area contributed by atoms with Gasteiger partial charge in [-0.25, -0.2) is 4.79 Å². The van der Waals surface area contributed by atoms with E-state index >= 15 is 0 Å². The molecule has 0 bridgehead atoms. The first kappa shape index (κ1) is 15.0. The molecule has 1 aromatic carbocycles. The maximum Gasteiger partial charge on any atom is 0.357 e. The fourth-order valence-corrected chi connectivity index (χ4v) is 1.79. The van der Waals surface area contributed by atoms with E-state index in [4.69, 9.17) is 4.74 Å². The number of aromatic nitrogens is 2. The van der Waals surface area contributed by atoms with Gasteiger partial charge in [0.15, 0.2) is 11.5 Å². The van der Waals surface area contributed by atoms with Gasteiger partial charge in [0.05, 0.1) is 12.0 Å². The van der Waals surface area contributed by atoms with Crippen molar-refractivity contribution in [3.63, 3.8) is 0 Å².